The van der Waals surface area contributed by atoms with Crippen molar-refractivity contribution in [2.75, 3.05) is 7.11 Å². The molecular formula is C19H19NO6. The summed E-state index contributed by atoms with van der Waals surface area (Å²) in [6.07, 6.45) is 0.0676. The third-order valence-electron chi connectivity index (χ3n) is 3.56. The molecule has 2 aromatic rings. The molecule has 0 radical (unpaired) electrons. The van der Waals surface area contributed by atoms with E-state index in [0.29, 0.717) is 16.9 Å². The lowest BCUT2D eigenvalue weighted by Gasteiger charge is -2.15. The lowest BCUT2D eigenvalue weighted by atomic mass is 10.1. The van der Waals surface area contributed by atoms with Crippen LogP contribution in [0.4, 0.5) is 0 Å². The molecule has 136 valence electrons. The molecule has 0 saturated carbocycles. The fraction of sp³-hybridized carbons (Fsp3) is 0.211. The Labute approximate surface area is 150 Å². The molecule has 0 bridgehead atoms. The van der Waals surface area contributed by atoms with E-state index in [1.54, 1.807) is 42.5 Å². The zero-order chi connectivity index (χ0) is 19.1. The Bertz CT molecular complexity index is 803. The number of carbonyl (C=O) groups excluding carboxylic acids is 2. The van der Waals surface area contributed by atoms with E-state index in [9.17, 15) is 19.5 Å². The fourth-order valence-electron chi connectivity index (χ4n) is 2.34. The minimum atomic E-state index is -1.14. The standard InChI is InChI=1S/C19H19NO6/c1-12(21)20-15(18(22)23)10-13-8-9-16(17(11-13)25-2)26-19(24)14-6-4-3-5-7-14/h3-9,11,15H,10H2,1-2H3,(H,20,21)(H,22,23)/t15-/m1/s1. The molecule has 2 rings (SSSR count). The molecule has 2 N–H and O–H groups in total. The Morgan fingerprint density at radius 1 is 1.08 bits per heavy atom. The molecule has 0 heterocycles. The fourth-order valence-corrected chi connectivity index (χ4v) is 2.34. The highest BCUT2D eigenvalue weighted by molar-refractivity contribution is 5.91. The molecule has 0 aromatic heterocycles. The first-order valence-electron chi connectivity index (χ1n) is 7.84. The maximum Gasteiger partial charge on any atom is 0.343 e. The highest BCUT2D eigenvalue weighted by atomic mass is 16.6. The van der Waals surface area contributed by atoms with Gasteiger partial charge in [0.1, 0.15) is 6.04 Å². The van der Waals surface area contributed by atoms with E-state index >= 15 is 0 Å². The van der Waals surface area contributed by atoms with Gasteiger partial charge < -0.3 is 19.9 Å². The molecule has 7 nitrogen and oxygen atoms in total. The molecule has 1 amide bonds. The van der Waals surface area contributed by atoms with Gasteiger partial charge in [-0.15, -0.1) is 0 Å². The predicted octanol–water partition coefficient (Wildman–Crippen LogP) is 2.05. The monoisotopic (exact) mass is 357 g/mol. The lowest BCUT2D eigenvalue weighted by molar-refractivity contribution is -0.141. The van der Waals surface area contributed by atoms with Crippen molar-refractivity contribution in [2.24, 2.45) is 0 Å². The van der Waals surface area contributed by atoms with Crippen molar-refractivity contribution < 1.29 is 29.0 Å². The average Bonchev–Trinajstić information content (AvgIpc) is 2.62. The minimum absolute atomic E-state index is 0.0676. The second kappa shape index (κ2) is 8.66. The lowest BCUT2D eigenvalue weighted by Crippen LogP contribution is -2.41. The first kappa shape index (κ1) is 19.0. The number of amides is 1. The number of nitrogens with one attached hydrogen (secondary N) is 1. The quantitative estimate of drug-likeness (QED) is 0.581. The summed E-state index contributed by atoms with van der Waals surface area (Å²) in [6, 6.07) is 12.2. The van der Waals surface area contributed by atoms with Gasteiger partial charge in [-0.2, -0.15) is 0 Å². The molecule has 0 spiro atoms. The Kier molecular flexibility index (Phi) is 6.32. The smallest absolute Gasteiger partial charge is 0.343 e. The molecule has 0 aliphatic carbocycles. The zero-order valence-corrected chi connectivity index (χ0v) is 14.4. The summed E-state index contributed by atoms with van der Waals surface area (Å²) in [7, 11) is 1.42. The number of benzene rings is 2. The van der Waals surface area contributed by atoms with Gasteiger partial charge in [0.15, 0.2) is 11.5 Å². The van der Waals surface area contributed by atoms with Crippen LogP contribution in [0.1, 0.15) is 22.8 Å². The summed E-state index contributed by atoms with van der Waals surface area (Å²) >= 11 is 0. The molecule has 0 fully saturated rings. The van der Waals surface area contributed by atoms with Crippen LogP contribution in [-0.4, -0.2) is 36.1 Å². The summed E-state index contributed by atoms with van der Waals surface area (Å²) in [5.41, 5.74) is 1.01. The van der Waals surface area contributed by atoms with Crippen molar-refractivity contribution in [3.05, 3.63) is 59.7 Å². The van der Waals surface area contributed by atoms with Crippen LogP contribution < -0.4 is 14.8 Å². The topological polar surface area (TPSA) is 102 Å². The van der Waals surface area contributed by atoms with Crippen molar-refractivity contribution in [3.8, 4) is 11.5 Å². The number of carboxylic acid groups (broad SMARTS) is 1. The summed E-state index contributed by atoms with van der Waals surface area (Å²) in [5, 5.41) is 11.6. The number of hydrogen-bond donors (Lipinski definition) is 2. The van der Waals surface area contributed by atoms with Gasteiger partial charge in [-0.3, -0.25) is 4.79 Å². The minimum Gasteiger partial charge on any atom is -0.493 e. The second-order valence-corrected chi connectivity index (χ2v) is 5.54. The van der Waals surface area contributed by atoms with Gasteiger partial charge in [-0.05, 0) is 29.8 Å². The SMILES string of the molecule is COc1cc(C[C@@H](NC(C)=O)C(=O)O)ccc1OC(=O)c1ccccc1. The number of hydrogen-bond acceptors (Lipinski definition) is 5. The highest BCUT2D eigenvalue weighted by Crippen LogP contribution is 2.29. The molecule has 2 aromatic carbocycles. The van der Waals surface area contributed by atoms with Gasteiger partial charge >= 0.3 is 11.9 Å². The zero-order valence-electron chi connectivity index (χ0n) is 14.4. The number of ether oxygens (including phenoxy) is 2. The van der Waals surface area contributed by atoms with E-state index in [0.717, 1.165) is 0 Å². The van der Waals surface area contributed by atoms with Crippen LogP contribution >= 0.6 is 0 Å². The summed E-state index contributed by atoms with van der Waals surface area (Å²) in [4.78, 5) is 34.5. The van der Waals surface area contributed by atoms with Crippen molar-refractivity contribution in [3.63, 3.8) is 0 Å². The van der Waals surface area contributed by atoms with Crippen LogP contribution in [0.15, 0.2) is 48.5 Å². The van der Waals surface area contributed by atoms with Gasteiger partial charge in [0.05, 0.1) is 12.7 Å². The van der Waals surface area contributed by atoms with E-state index in [-0.39, 0.29) is 12.2 Å². The first-order chi connectivity index (χ1) is 12.4. The van der Waals surface area contributed by atoms with E-state index < -0.39 is 23.9 Å². The van der Waals surface area contributed by atoms with E-state index in [1.165, 1.54) is 20.1 Å². The van der Waals surface area contributed by atoms with E-state index in [2.05, 4.69) is 5.32 Å². The average molecular weight is 357 g/mol. The Morgan fingerprint density at radius 3 is 2.35 bits per heavy atom. The summed E-state index contributed by atoms with van der Waals surface area (Å²) < 4.78 is 10.6. The largest absolute Gasteiger partial charge is 0.493 e. The van der Waals surface area contributed by atoms with Gasteiger partial charge in [0.25, 0.3) is 0 Å². The van der Waals surface area contributed by atoms with Crippen LogP contribution in [0.5, 0.6) is 11.5 Å². The number of carbonyl (C=O) groups is 3. The molecule has 1 atom stereocenters. The van der Waals surface area contributed by atoms with Crippen LogP contribution in [0.3, 0.4) is 0 Å². The van der Waals surface area contributed by atoms with Gasteiger partial charge in [0, 0.05) is 13.3 Å². The highest BCUT2D eigenvalue weighted by Gasteiger charge is 2.20. The van der Waals surface area contributed by atoms with E-state index in [4.69, 9.17) is 9.47 Å². The van der Waals surface area contributed by atoms with Crippen LogP contribution in [0.2, 0.25) is 0 Å². The third-order valence-corrected chi connectivity index (χ3v) is 3.56. The summed E-state index contributed by atoms with van der Waals surface area (Å²) in [6.45, 7) is 1.25. The van der Waals surface area contributed by atoms with Crippen molar-refractivity contribution >= 4 is 17.8 Å². The molecule has 0 aliphatic rings. The molecule has 0 unspecified atom stereocenters. The first-order valence-corrected chi connectivity index (χ1v) is 7.84. The number of rotatable bonds is 7. The number of aliphatic carboxylic acids is 1. The Hall–Kier alpha value is -3.35. The second-order valence-electron chi connectivity index (χ2n) is 5.54. The van der Waals surface area contributed by atoms with Gasteiger partial charge in [0.2, 0.25) is 5.91 Å². The number of carboxylic acids is 1. The van der Waals surface area contributed by atoms with Gasteiger partial charge in [-0.1, -0.05) is 24.3 Å². The van der Waals surface area contributed by atoms with E-state index in [1.807, 2.05) is 0 Å². The van der Waals surface area contributed by atoms with Crippen LogP contribution in [-0.2, 0) is 16.0 Å². The predicted molar refractivity (Wildman–Crippen MR) is 93.3 cm³/mol. The molecular weight excluding hydrogens is 338 g/mol. The Balaban J connectivity index is 2.17. The van der Waals surface area contributed by atoms with Crippen molar-refractivity contribution in [1.82, 2.24) is 5.32 Å². The molecule has 0 aliphatic heterocycles. The normalized spacial score (nSPS) is 11.3. The maximum absolute atomic E-state index is 12.2. The number of esters is 1. The van der Waals surface area contributed by atoms with Gasteiger partial charge in [-0.25, -0.2) is 9.59 Å². The van der Waals surface area contributed by atoms with Crippen LogP contribution in [0.25, 0.3) is 0 Å². The maximum atomic E-state index is 12.2. The molecule has 26 heavy (non-hydrogen) atoms. The number of methoxy groups -OCH3 is 1. The molecule has 7 heteroatoms. The molecule has 0 saturated heterocycles. The summed E-state index contributed by atoms with van der Waals surface area (Å²) in [5.74, 6) is -1.59. The third kappa shape index (κ3) is 5.07. The van der Waals surface area contributed by atoms with Crippen LogP contribution in [0, 0.1) is 0 Å². The Morgan fingerprint density at radius 2 is 1.77 bits per heavy atom. The van der Waals surface area contributed by atoms with Crippen molar-refractivity contribution in [2.45, 2.75) is 19.4 Å². The van der Waals surface area contributed by atoms with Crippen molar-refractivity contribution in [1.29, 1.82) is 0 Å².